The number of carbonyl (C=O) groups excluding carboxylic acids is 1. The minimum Gasteiger partial charge on any atom is -0.306 e. The monoisotopic (exact) mass is 277 g/mol. The molecule has 0 saturated carbocycles. The Hall–Kier alpha value is -2.02. The molecule has 2 aromatic heterocycles. The van der Waals surface area contributed by atoms with Crippen LogP contribution in [0.1, 0.15) is 6.92 Å². The third-order valence-electron chi connectivity index (χ3n) is 2.25. The molecular formula is C12H15N5OS. The van der Waals surface area contributed by atoms with Gasteiger partial charge in [0, 0.05) is 13.2 Å². The van der Waals surface area contributed by atoms with Crippen molar-refractivity contribution in [2.75, 3.05) is 16.4 Å². The Balaban J connectivity index is 1.91. The molecule has 0 radical (unpaired) electrons. The van der Waals surface area contributed by atoms with E-state index in [-0.39, 0.29) is 6.03 Å². The Bertz CT molecular complexity index is 552. The molecule has 6 nitrogen and oxygen atoms in total. The quantitative estimate of drug-likeness (QED) is 0.843. The predicted molar refractivity (Wildman–Crippen MR) is 76.5 cm³/mol. The van der Waals surface area contributed by atoms with Gasteiger partial charge in [0.1, 0.15) is 0 Å². The van der Waals surface area contributed by atoms with E-state index in [2.05, 4.69) is 27.6 Å². The highest BCUT2D eigenvalue weighted by Gasteiger charge is 2.04. The lowest BCUT2D eigenvalue weighted by Crippen LogP contribution is -2.19. The first-order valence-electron chi connectivity index (χ1n) is 5.83. The van der Waals surface area contributed by atoms with E-state index < -0.39 is 0 Å². The zero-order valence-electron chi connectivity index (χ0n) is 10.8. The SMILES string of the molecule is CCSc1ccc(NC(=O)Nc2cnn(C)c2)cn1. The van der Waals surface area contributed by atoms with Gasteiger partial charge in [-0.15, -0.1) is 11.8 Å². The van der Waals surface area contributed by atoms with E-state index in [0.717, 1.165) is 10.8 Å². The number of carbonyl (C=O) groups is 1. The first-order valence-corrected chi connectivity index (χ1v) is 6.81. The van der Waals surface area contributed by atoms with E-state index in [1.54, 1.807) is 42.1 Å². The van der Waals surface area contributed by atoms with Crippen molar-refractivity contribution in [2.45, 2.75) is 11.9 Å². The maximum absolute atomic E-state index is 11.7. The van der Waals surface area contributed by atoms with Crippen LogP contribution in [0.2, 0.25) is 0 Å². The Kier molecular flexibility index (Phi) is 4.40. The Morgan fingerprint density at radius 3 is 2.68 bits per heavy atom. The van der Waals surface area contributed by atoms with Crippen molar-refractivity contribution >= 4 is 29.2 Å². The molecule has 0 fully saturated rings. The predicted octanol–water partition coefficient (Wildman–Crippen LogP) is 2.57. The molecule has 0 bridgehead atoms. The Morgan fingerprint density at radius 1 is 1.32 bits per heavy atom. The lowest BCUT2D eigenvalue weighted by molar-refractivity contribution is 0.262. The molecule has 0 aliphatic rings. The number of hydrogen-bond acceptors (Lipinski definition) is 4. The van der Waals surface area contributed by atoms with E-state index in [4.69, 9.17) is 0 Å². The van der Waals surface area contributed by atoms with Gasteiger partial charge in [-0.3, -0.25) is 4.68 Å². The minimum absolute atomic E-state index is 0.314. The van der Waals surface area contributed by atoms with Crippen LogP contribution in [0.5, 0.6) is 0 Å². The first kappa shape index (κ1) is 13.4. The summed E-state index contributed by atoms with van der Waals surface area (Å²) < 4.78 is 1.62. The van der Waals surface area contributed by atoms with Crippen molar-refractivity contribution in [3.8, 4) is 0 Å². The molecule has 0 aliphatic heterocycles. The standard InChI is InChI=1S/C12H15N5OS/c1-3-19-11-5-4-9(6-13-11)15-12(18)16-10-7-14-17(2)8-10/h4-8H,3H2,1-2H3,(H2,15,16,18). The first-order chi connectivity index (χ1) is 9.17. The fourth-order valence-corrected chi connectivity index (χ4v) is 2.05. The number of rotatable bonds is 4. The van der Waals surface area contributed by atoms with Gasteiger partial charge in [0.15, 0.2) is 0 Å². The van der Waals surface area contributed by atoms with E-state index in [1.807, 2.05) is 12.1 Å². The van der Waals surface area contributed by atoms with Gasteiger partial charge in [-0.05, 0) is 17.9 Å². The number of thioether (sulfide) groups is 1. The summed E-state index contributed by atoms with van der Waals surface area (Å²) in [5.41, 5.74) is 1.30. The number of nitrogens with one attached hydrogen (secondary N) is 2. The normalized spacial score (nSPS) is 10.2. The molecule has 2 heterocycles. The zero-order chi connectivity index (χ0) is 13.7. The lowest BCUT2D eigenvalue weighted by Gasteiger charge is -2.06. The van der Waals surface area contributed by atoms with E-state index in [9.17, 15) is 4.79 Å². The minimum atomic E-state index is -0.314. The van der Waals surface area contributed by atoms with E-state index in [0.29, 0.717) is 11.4 Å². The fourth-order valence-electron chi connectivity index (χ4n) is 1.47. The number of aryl methyl sites for hydroxylation is 1. The van der Waals surface area contributed by atoms with Crippen molar-refractivity contribution in [2.24, 2.45) is 7.05 Å². The smallest absolute Gasteiger partial charge is 0.306 e. The molecule has 2 rings (SSSR count). The Labute approximate surface area is 115 Å². The van der Waals surface area contributed by atoms with Crippen LogP contribution >= 0.6 is 11.8 Å². The van der Waals surface area contributed by atoms with Crippen LogP contribution in [0.3, 0.4) is 0 Å². The second kappa shape index (κ2) is 6.24. The Morgan fingerprint density at radius 2 is 2.11 bits per heavy atom. The fraction of sp³-hybridized carbons (Fsp3) is 0.250. The maximum atomic E-state index is 11.7. The lowest BCUT2D eigenvalue weighted by atomic mass is 10.4. The molecule has 2 N–H and O–H groups in total. The van der Waals surface area contributed by atoms with Gasteiger partial charge in [-0.25, -0.2) is 9.78 Å². The number of amides is 2. The molecule has 2 aromatic rings. The number of aromatic nitrogens is 3. The highest BCUT2D eigenvalue weighted by atomic mass is 32.2. The van der Waals surface area contributed by atoms with Crippen molar-refractivity contribution in [1.29, 1.82) is 0 Å². The average molecular weight is 277 g/mol. The molecule has 2 amide bonds. The second-order valence-electron chi connectivity index (χ2n) is 3.80. The van der Waals surface area contributed by atoms with Gasteiger partial charge in [0.2, 0.25) is 0 Å². The third kappa shape index (κ3) is 3.99. The molecule has 0 unspecified atom stereocenters. The molecule has 19 heavy (non-hydrogen) atoms. The summed E-state index contributed by atoms with van der Waals surface area (Å²) in [6.45, 7) is 2.07. The molecule has 100 valence electrons. The van der Waals surface area contributed by atoms with Crippen LogP contribution in [0.25, 0.3) is 0 Å². The van der Waals surface area contributed by atoms with E-state index in [1.165, 1.54) is 0 Å². The topological polar surface area (TPSA) is 71.8 Å². The van der Waals surface area contributed by atoms with Gasteiger partial charge < -0.3 is 10.6 Å². The average Bonchev–Trinajstić information content (AvgIpc) is 2.77. The van der Waals surface area contributed by atoms with Crippen LogP contribution < -0.4 is 10.6 Å². The van der Waals surface area contributed by atoms with Crippen molar-refractivity contribution in [3.63, 3.8) is 0 Å². The van der Waals surface area contributed by atoms with Gasteiger partial charge >= 0.3 is 6.03 Å². The molecule has 0 spiro atoms. The largest absolute Gasteiger partial charge is 0.323 e. The third-order valence-corrected chi connectivity index (χ3v) is 3.08. The highest BCUT2D eigenvalue weighted by molar-refractivity contribution is 7.99. The summed E-state index contributed by atoms with van der Waals surface area (Å²) in [5, 5.41) is 10.3. The van der Waals surface area contributed by atoms with Crippen LogP contribution in [-0.2, 0) is 7.05 Å². The summed E-state index contributed by atoms with van der Waals surface area (Å²) in [7, 11) is 1.79. The number of nitrogens with zero attached hydrogens (tertiary/aromatic N) is 3. The number of anilines is 2. The number of urea groups is 1. The van der Waals surface area contributed by atoms with Crippen molar-refractivity contribution in [1.82, 2.24) is 14.8 Å². The summed E-state index contributed by atoms with van der Waals surface area (Å²) >= 11 is 1.66. The van der Waals surface area contributed by atoms with Crippen LogP contribution in [0.15, 0.2) is 35.7 Å². The number of pyridine rings is 1. The van der Waals surface area contributed by atoms with Crippen molar-refractivity contribution in [3.05, 3.63) is 30.7 Å². The summed E-state index contributed by atoms with van der Waals surface area (Å²) in [4.78, 5) is 15.9. The van der Waals surface area contributed by atoms with Gasteiger partial charge in [0.25, 0.3) is 0 Å². The van der Waals surface area contributed by atoms with Gasteiger partial charge in [-0.1, -0.05) is 6.92 Å². The molecule has 0 aromatic carbocycles. The molecule has 0 saturated heterocycles. The van der Waals surface area contributed by atoms with Crippen molar-refractivity contribution < 1.29 is 4.79 Å². The van der Waals surface area contributed by atoms with Gasteiger partial charge in [-0.2, -0.15) is 5.10 Å². The summed E-state index contributed by atoms with van der Waals surface area (Å²) in [6.07, 6.45) is 4.94. The van der Waals surface area contributed by atoms with E-state index >= 15 is 0 Å². The second-order valence-corrected chi connectivity index (χ2v) is 5.08. The van der Waals surface area contributed by atoms with Crippen LogP contribution in [-0.4, -0.2) is 26.5 Å². The summed E-state index contributed by atoms with van der Waals surface area (Å²) in [6, 6.07) is 3.40. The van der Waals surface area contributed by atoms with Gasteiger partial charge in [0.05, 0.1) is 28.8 Å². The molecule has 0 atom stereocenters. The molecule has 7 heteroatoms. The van der Waals surface area contributed by atoms with Crippen LogP contribution in [0.4, 0.5) is 16.2 Å². The highest BCUT2D eigenvalue weighted by Crippen LogP contribution is 2.16. The van der Waals surface area contributed by atoms with Crippen LogP contribution in [0, 0.1) is 0 Å². The molecular weight excluding hydrogens is 262 g/mol. The summed E-state index contributed by atoms with van der Waals surface area (Å²) in [5.74, 6) is 0.973. The maximum Gasteiger partial charge on any atom is 0.323 e. The zero-order valence-corrected chi connectivity index (χ0v) is 11.6. The molecule has 0 aliphatic carbocycles. The number of hydrogen-bond donors (Lipinski definition) is 2.